The fourth-order valence-electron chi connectivity index (χ4n) is 2.64. The first kappa shape index (κ1) is 16.1. The van der Waals surface area contributed by atoms with Gasteiger partial charge in [-0.05, 0) is 54.5 Å². The minimum atomic E-state index is 0.279. The van der Waals surface area contributed by atoms with Crippen LogP contribution >= 0.6 is 12.2 Å². The highest BCUT2D eigenvalue weighted by atomic mass is 32.1. The van der Waals surface area contributed by atoms with E-state index in [0.717, 1.165) is 23.6 Å². The van der Waals surface area contributed by atoms with E-state index < -0.39 is 0 Å². The van der Waals surface area contributed by atoms with Gasteiger partial charge in [0.1, 0.15) is 5.82 Å². The van der Waals surface area contributed by atoms with Crippen LogP contribution in [0, 0.1) is 6.92 Å². The molecule has 0 fully saturated rings. The molecule has 2 aromatic carbocycles. The molecule has 0 aliphatic heterocycles. The van der Waals surface area contributed by atoms with Crippen LogP contribution in [-0.4, -0.2) is 10.1 Å². The average Bonchev–Trinajstić information content (AvgIpc) is 2.58. The van der Waals surface area contributed by atoms with Crippen LogP contribution < -0.4 is 10.6 Å². The summed E-state index contributed by atoms with van der Waals surface area (Å²) >= 11 is 5.24. The maximum atomic E-state index is 5.94. The Labute approximate surface area is 147 Å². The third-order valence-electron chi connectivity index (χ3n) is 3.89. The van der Waals surface area contributed by atoms with Crippen molar-refractivity contribution in [2.24, 2.45) is 5.73 Å². The minimum absolute atomic E-state index is 0.279. The van der Waals surface area contributed by atoms with Gasteiger partial charge >= 0.3 is 0 Å². The van der Waals surface area contributed by atoms with Gasteiger partial charge in [0.15, 0.2) is 5.11 Å². The standard InChI is InChI=1S/C20H19N3S/c1-15-8-5-6-9-16(15)14-17-10-7-13-19(22-17)23(20(21)24)18-11-3-2-4-12-18/h2-13H,14H2,1H3,(H2,21,24). The number of hydrogen-bond donors (Lipinski definition) is 1. The number of nitrogens with zero attached hydrogens (tertiary/aromatic N) is 2. The second-order valence-corrected chi connectivity index (χ2v) is 6.02. The Morgan fingerprint density at radius 2 is 1.67 bits per heavy atom. The quantitative estimate of drug-likeness (QED) is 0.720. The summed E-state index contributed by atoms with van der Waals surface area (Å²) in [7, 11) is 0. The molecule has 0 spiro atoms. The van der Waals surface area contributed by atoms with Crippen molar-refractivity contribution in [1.29, 1.82) is 0 Å². The summed E-state index contributed by atoms with van der Waals surface area (Å²) in [5, 5.41) is 0.279. The first-order valence-electron chi connectivity index (χ1n) is 7.80. The molecule has 0 amide bonds. The highest BCUT2D eigenvalue weighted by Crippen LogP contribution is 2.24. The lowest BCUT2D eigenvalue weighted by Crippen LogP contribution is -2.31. The summed E-state index contributed by atoms with van der Waals surface area (Å²) in [6.07, 6.45) is 0.778. The van der Waals surface area contributed by atoms with E-state index in [0.29, 0.717) is 0 Å². The fourth-order valence-corrected chi connectivity index (χ4v) is 2.84. The number of pyridine rings is 1. The molecule has 3 nitrogen and oxygen atoms in total. The predicted molar refractivity (Wildman–Crippen MR) is 104 cm³/mol. The molecule has 3 aromatic rings. The molecular formula is C20H19N3S. The van der Waals surface area contributed by atoms with E-state index in [1.165, 1.54) is 11.1 Å². The summed E-state index contributed by atoms with van der Waals surface area (Å²) in [4.78, 5) is 6.55. The Kier molecular flexibility index (Phi) is 4.87. The normalized spacial score (nSPS) is 10.4. The number of anilines is 2. The van der Waals surface area contributed by atoms with Gasteiger partial charge in [0.2, 0.25) is 0 Å². The predicted octanol–water partition coefficient (Wildman–Crippen LogP) is 4.36. The lowest BCUT2D eigenvalue weighted by atomic mass is 10.0. The maximum Gasteiger partial charge on any atom is 0.176 e. The van der Waals surface area contributed by atoms with Crippen LogP contribution in [-0.2, 0) is 6.42 Å². The number of thiocarbonyl (C=S) groups is 1. The van der Waals surface area contributed by atoms with Gasteiger partial charge < -0.3 is 5.73 Å². The van der Waals surface area contributed by atoms with E-state index in [1.54, 1.807) is 4.90 Å². The third kappa shape index (κ3) is 3.60. The van der Waals surface area contributed by atoms with Crippen molar-refractivity contribution in [2.45, 2.75) is 13.3 Å². The summed E-state index contributed by atoms with van der Waals surface area (Å²) in [5.74, 6) is 0.736. The SMILES string of the molecule is Cc1ccccc1Cc1cccc(N(C(N)=S)c2ccccc2)n1. The van der Waals surface area contributed by atoms with Crippen LogP contribution in [0.25, 0.3) is 0 Å². The number of nitrogens with two attached hydrogens (primary N) is 1. The number of aromatic nitrogens is 1. The molecule has 3 rings (SSSR count). The van der Waals surface area contributed by atoms with Gasteiger partial charge in [0.05, 0.1) is 0 Å². The largest absolute Gasteiger partial charge is 0.376 e. The van der Waals surface area contributed by atoms with E-state index in [2.05, 4.69) is 25.1 Å². The van der Waals surface area contributed by atoms with Gasteiger partial charge in [-0.2, -0.15) is 0 Å². The Morgan fingerprint density at radius 1 is 0.958 bits per heavy atom. The van der Waals surface area contributed by atoms with Crippen LogP contribution in [0.4, 0.5) is 11.5 Å². The van der Waals surface area contributed by atoms with E-state index >= 15 is 0 Å². The van der Waals surface area contributed by atoms with Crippen molar-refractivity contribution in [3.8, 4) is 0 Å². The molecular weight excluding hydrogens is 314 g/mol. The molecule has 0 unspecified atom stereocenters. The van der Waals surface area contributed by atoms with Gasteiger partial charge in [-0.15, -0.1) is 0 Å². The zero-order valence-corrected chi connectivity index (χ0v) is 14.3. The number of rotatable bonds is 4. The van der Waals surface area contributed by atoms with Gasteiger partial charge in [-0.1, -0.05) is 48.5 Å². The monoisotopic (exact) mass is 333 g/mol. The number of hydrogen-bond acceptors (Lipinski definition) is 2. The second-order valence-electron chi connectivity index (χ2n) is 5.60. The molecule has 0 radical (unpaired) electrons. The van der Waals surface area contributed by atoms with Crippen LogP contribution in [0.5, 0.6) is 0 Å². The molecule has 1 aromatic heterocycles. The molecule has 24 heavy (non-hydrogen) atoms. The Bertz CT molecular complexity index is 846. The summed E-state index contributed by atoms with van der Waals surface area (Å²) in [6, 6.07) is 24.1. The Hall–Kier alpha value is -2.72. The third-order valence-corrected chi connectivity index (χ3v) is 4.07. The fraction of sp³-hybridized carbons (Fsp3) is 0.100. The smallest absolute Gasteiger partial charge is 0.176 e. The molecule has 2 N–H and O–H groups in total. The van der Waals surface area contributed by atoms with Gasteiger partial charge in [-0.3, -0.25) is 4.90 Å². The molecule has 1 heterocycles. The Morgan fingerprint density at radius 3 is 2.38 bits per heavy atom. The number of aryl methyl sites for hydroxylation is 1. The first-order chi connectivity index (χ1) is 11.6. The van der Waals surface area contributed by atoms with Gasteiger partial charge in [0, 0.05) is 17.8 Å². The zero-order valence-electron chi connectivity index (χ0n) is 13.5. The molecule has 0 saturated carbocycles. The van der Waals surface area contributed by atoms with Crippen molar-refractivity contribution in [1.82, 2.24) is 4.98 Å². The van der Waals surface area contributed by atoms with Crippen molar-refractivity contribution < 1.29 is 0 Å². The van der Waals surface area contributed by atoms with Crippen molar-refractivity contribution in [2.75, 3.05) is 4.90 Å². The average molecular weight is 333 g/mol. The molecule has 120 valence electrons. The molecule has 0 atom stereocenters. The van der Waals surface area contributed by atoms with E-state index in [9.17, 15) is 0 Å². The van der Waals surface area contributed by atoms with Crippen LogP contribution in [0.3, 0.4) is 0 Å². The molecule has 0 bridgehead atoms. The summed E-state index contributed by atoms with van der Waals surface area (Å²) < 4.78 is 0. The van der Waals surface area contributed by atoms with Gasteiger partial charge in [0.25, 0.3) is 0 Å². The lowest BCUT2D eigenvalue weighted by Gasteiger charge is -2.22. The topological polar surface area (TPSA) is 42.1 Å². The number of para-hydroxylation sites is 1. The highest BCUT2D eigenvalue weighted by Gasteiger charge is 2.14. The van der Waals surface area contributed by atoms with E-state index in [1.807, 2.05) is 54.6 Å². The Balaban J connectivity index is 1.94. The van der Waals surface area contributed by atoms with Crippen molar-refractivity contribution >= 4 is 28.8 Å². The van der Waals surface area contributed by atoms with Crippen molar-refractivity contribution in [3.63, 3.8) is 0 Å². The van der Waals surface area contributed by atoms with Crippen LogP contribution in [0.1, 0.15) is 16.8 Å². The molecule has 0 saturated heterocycles. The molecule has 0 aliphatic rings. The van der Waals surface area contributed by atoms with E-state index in [-0.39, 0.29) is 5.11 Å². The minimum Gasteiger partial charge on any atom is -0.376 e. The summed E-state index contributed by atoms with van der Waals surface area (Å²) in [5.41, 5.74) is 10.4. The van der Waals surface area contributed by atoms with Crippen LogP contribution in [0.15, 0.2) is 72.8 Å². The molecule has 4 heteroatoms. The van der Waals surface area contributed by atoms with Crippen molar-refractivity contribution in [3.05, 3.63) is 89.6 Å². The highest BCUT2D eigenvalue weighted by molar-refractivity contribution is 7.80. The lowest BCUT2D eigenvalue weighted by molar-refractivity contribution is 1.05. The first-order valence-corrected chi connectivity index (χ1v) is 8.21. The maximum absolute atomic E-state index is 5.94. The van der Waals surface area contributed by atoms with Gasteiger partial charge in [-0.25, -0.2) is 4.98 Å². The van der Waals surface area contributed by atoms with E-state index in [4.69, 9.17) is 22.9 Å². The second kappa shape index (κ2) is 7.23. The summed E-state index contributed by atoms with van der Waals surface area (Å²) in [6.45, 7) is 2.12. The van der Waals surface area contributed by atoms with Crippen LogP contribution in [0.2, 0.25) is 0 Å². The zero-order chi connectivity index (χ0) is 16.9. The molecule has 0 aliphatic carbocycles. The number of benzene rings is 2.